The van der Waals surface area contributed by atoms with Gasteiger partial charge >= 0.3 is 0 Å². The zero-order chi connectivity index (χ0) is 20.5. The molecule has 2 saturated heterocycles. The summed E-state index contributed by atoms with van der Waals surface area (Å²) in [5, 5.41) is 0. The fourth-order valence-electron chi connectivity index (χ4n) is 4.91. The predicted octanol–water partition coefficient (Wildman–Crippen LogP) is 4.35. The maximum atomic E-state index is 4.04. The average Bonchev–Trinajstić information content (AvgIpc) is 3.38. The Morgan fingerprint density at radius 3 is 1.22 bits per heavy atom. The molecule has 0 spiro atoms. The summed E-state index contributed by atoms with van der Waals surface area (Å²) in [6, 6.07) is 0. The Labute approximate surface area is 172 Å². The second-order valence-corrected chi connectivity index (χ2v) is 16.6. The van der Waals surface area contributed by atoms with Gasteiger partial charge in [0.25, 0.3) is 0 Å². The topological polar surface area (TPSA) is 13.0 Å². The molecule has 0 aromatic rings. The normalized spacial score (nSPS) is 19.6. The maximum Gasteiger partial charge on any atom is 0.228 e. The van der Waals surface area contributed by atoms with E-state index in [4.69, 9.17) is 0 Å². The van der Waals surface area contributed by atoms with Crippen molar-refractivity contribution < 1.29 is 0 Å². The van der Waals surface area contributed by atoms with E-state index >= 15 is 0 Å². The van der Waals surface area contributed by atoms with Gasteiger partial charge in [-0.15, -0.1) is 6.58 Å². The van der Waals surface area contributed by atoms with Gasteiger partial charge in [-0.25, -0.2) is 0 Å². The third kappa shape index (κ3) is 6.24. The highest BCUT2D eigenvalue weighted by Crippen LogP contribution is 2.24. The summed E-state index contributed by atoms with van der Waals surface area (Å²) in [7, 11) is -2.72. The molecule has 2 rings (SSSR count). The molecule has 0 bridgehead atoms. The third-order valence-corrected chi connectivity index (χ3v) is 15.5. The molecule has 6 heteroatoms. The van der Waals surface area contributed by atoms with E-state index in [1.165, 1.54) is 51.9 Å². The first-order chi connectivity index (χ1) is 12.8. The van der Waals surface area contributed by atoms with Gasteiger partial charge < -0.3 is 18.3 Å². The Morgan fingerprint density at radius 2 is 1.00 bits per heavy atom. The molecule has 0 aromatic carbocycles. The minimum atomic E-state index is -1.55. The van der Waals surface area contributed by atoms with Gasteiger partial charge in [0.15, 0.2) is 8.40 Å². The molecule has 2 fully saturated rings. The van der Waals surface area contributed by atoms with Gasteiger partial charge in [-0.1, -0.05) is 33.4 Å². The van der Waals surface area contributed by atoms with Gasteiger partial charge in [-0.3, -0.25) is 0 Å². The highest BCUT2D eigenvalue weighted by Gasteiger charge is 2.38. The van der Waals surface area contributed by atoms with Crippen molar-refractivity contribution in [2.24, 2.45) is 0 Å². The van der Waals surface area contributed by atoms with Crippen LogP contribution < -0.4 is 0 Å². The molecule has 2 heterocycles. The Hall–Kier alpha value is 0.0138. The van der Waals surface area contributed by atoms with Crippen molar-refractivity contribution in [3.63, 3.8) is 0 Å². The van der Waals surface area contributed by atoms with E-state index in [0.29, 0.717) is 0 Å². The first-order valence-electron chi connectivity index (χ1n) is 11.4. The first kappa shape index (κ1) is 25.1. The summed E-state index contributed by atoms with van der Waals surface area (Å²) in [4.78, 5) is 0. The Kier molecular flexibility index (Phi) is 11.0. The molecule has 0 aliphatic carbocycles. The summed E-state index contributed by atoms with van der Waals surface area (Å²) in [5.41, 5.74) is 2.20. The van der Waals surface area contributed by atoms with E-state index in [2.05, 4.69) is 77.9 Å². The molecule has 0 N–H and O–H groups in total. The van der Waals surface area contributed by atoms with E-state index in [1.54, 1.807) is 0 Å². The van der Waals surface area contributed by atoms with Crippen LogP contribution in [0.2, 0.25) is 19.6 Å². The molecular weight excluding hydrogens is 364 g/mol. The second kappa shape index (κ2) is 11.9. The predicted molar refractivity (Wildman–Crippen MR) is 127 cm³/mol. The summed E-state index contributed by atoms with van der Waals surface area (Å²) in [6.07, 6.45) is 5.74. The standard InChI is InChI=1S/C11H26N2Si.C10H22N2Si/c1-7-12(8-2)14(6,11-5)13(9-3)10-4;1-13(2,11-7-3-4-8-11)12-9-5-6-10-12/h11H,5,7-10H2,1-4,6H3;3-10H2,1-2H3. The zero-order valence-electron chi connectivity index (χ0n) is 19.6. The molecule has 2 aliphatic heterocycles. The minimum absolute atomic E-state index is 1.13. The van der Waals surface area contributed by atoms with Gasteiger partial charge in [0, 0.05) is 0 Å². The fraction of sp³-hybridized carbons (Fsp3) is 0.905. The van der Waals surface area contributed by atoms with Crippen LogP contribution in [0.4, 0.5) is 0 Å². The molecule has 160 valence electrons. The third-order valence-electron chi connectivity index (χ3n) is 6.95. The summed E-state index contributed by atoms with van der Waals surface area (Å²) < 4.78 is 10.7. The van der Waals surface area contributed by atoms with Crippen molar-refractivity contribution in [2.45, 2.75) is 73.0 Å². The first-order valence-corrected chi connectivity index (χ1v) is 16.8. The van der Waals surface area contributed by atoms with Crippen LogP contribution >= 0.6 is 0 Å². The van der Waals surface area contributed by atoms with Crippen molar-refractivity contribution in [3.8, 4) is 0 Å². The molecule has 0 saturated carbocycles. The lowest BCUT2D eigenvalue weighted by Gasteiger charge is -2.43. The lowest BCUT2D eigenvalue weighted by atomic mass is 10.4. The number of hydrogen-bond acceptors (Lipinski definition) is 4. The molecule has 2 aliphatic rings. The van der Waals surface area contributed by atoms with Gasteiger partial charge in [0.1, 0.15) is 0 Å². The van der Waals surface area contributed by atoms with Crippen molar-refractivity contribution in [2.75, 3.05) is 52.4 Å². The van der Waals surface area contributed by atoms with E-state index in [9.17, 15) is 0 Å². The molecule has 0 amide bonds. The minimum Gasteiger partial charge on any atom is -0.312 e. The quantitative estimate of drug-likeness (QED) is 0.522. The van der Waals surface area contributed by atoms with Crippen LogP contribution in [0.15, 0.2) is 12.3 Å². The zero-order valence-corrected chi connectivity index (χ0v) is 21.6. The summed E-state index contributed by atoms with van der Waals surface area (Å²) in [5.74, 6) is 0. The highest BCUT2D eigenvalue weighted by atomic mass is 28.4. The van der Waals surface area contributed by atoms with Crippen molar-refractivity contribution in [1.29, 1.82) is 0 Å². The van der Waals surface area contributed by atoms with Crippen LogP contribution in [0.25, 0.3) is 0 Å². The van der Waals surface area contributed by atoms with E-state index in [-0.39, 0.29) is 0 Å². The van der Waals surface area contributed by atoms with Crippen LogP contribution in [0.5, 0.6) is 0 Å². The monoisotopic (exact) mass is 412 g/mol. The van der Waals surface area contributed by atoms with Gasteiger partial charge in [-0.05, 0) is 97.7 Å². The average molecular weight is 413 g/mol. The van der Waals surface area contributed by atoms with Crippen molar-refractivity contribution in [1.82, 2.24) is 18.3 Å². The second-order valence-electron chi connectivity index (χ2n) is 8.53. The Balaban J connectivity index is 0.000000270. The van der Waals surface area contributed by atoms with Crippen LogP contribution in [-0.4, -0.2) is 87.4 Å². The molecule has 0 unspecified atom stereocenters. The molecule has 4 nitrogen and oxygen atoms in total. The lowest BCUT2D eigenvalue weighted by Crippen LogP contribution is -2.62. The van der Waals surface area contributed by atoms with Gasteiger partial charge in [0.05, 0.1) is 0 Å². The molecular formula is C21H48N4Si2. The molecule has 27 heavy (non-hydrogen) atoms. The molecule has 0 aromatic heterocycles. The number of hydrogen-bond donors (Lipinski definition) is 0. The van der Waals surface area contributed by atoms with E-state index in [1.807, 2.05) is 0 Å². The maximum absolute atomic E-state index is 4.04. The molecule has 0 atom stereocenters. The van der Waals surface area contributed by atoms with Gasteiger partial charge in [-0.2, -0.15) is 0 Å². The number of rotatable bonds is 9. The molecule has 0 radical (unpaired) electrons. The van der Waals surface area contributed by atoms with Gasteiger partial charge in [0.2, 0.25) is 8.40 Å². The van der Waals surface area contributed by atoms with Crippen LogP contribution in [-0.2, 0) is 0 Å². The van der Waals surface area contributed by atoms with E-state index in [0.717, 1.165) is 26.2 Å². The van der Waals surface area contributed by atoms with Crippen LogP contribution in [0.3, 0.4) is 0 Å². The summed E-state index contributed by atoms with van der Waals surface area (Å²) >= 11 is 0. The lowest BCUT2D eigenvalue weighted by molar-refractivity contribution is 0.366. The van der Waals surface area contributed by atoms with Crippen molar-refractivity contribution in [3.05, 3.63) is 12.3 Å². The van der Waals surface area contributed by atoms with Crippen LogP contribution in [0, 0.1) is 0 Å². The Morgan fingerprint density at radius 1 is 0.704 bits per heavy atom. The SMILES string of the molecule is C=C[Si](C)(N(CC)CC)N(CC)CC.C[Si](C)(N1CCCC1)N1CCCC1. The smallest absolute Gasteiger partial charge is 0.228 e. The number of nitrogens with zero attached hydrogens (tertiary/aromatic N) is 4. The summed E-state index contributed by atoms with van der Waals surface area (Å²) in [6.45, 7) is 30.4. The highest BCUT2D eigenvalue weighted by molar-refractivity contribution is 6.78. The Bertz CT molecular complexity index is 380. The van der Waals surface area contributed by atoms with E-state index < -0.39 is 16.8 Å². The fourth-order valence-corrected chi connectivity index (χ4v) is 11.6. The largest absolute Gasteiger partial charge is 0.312 e. The van der Waals surface area contributed by atoms with Crippen molar-refractivity contribution >= 4 is 16.8 Å². The van der Waals surface area contributed by atoms with Crippen LogP contribution in [0.1, 0.15) is 53.4 Å².